The molecule has 0 spiro atoms. The minimum Gasteiger partial charge on any atom is -0.354 e. The van der Waals surface area contributed by atoms with Crippen LogP contribution in [-0.4, -0.2) is 34.5 Å². The van der Waals surface area contributed by atoms with E-state index in [2.05, 4.69) is 27.3 Å². The van der Waals surface area contributed by atoms with E-state index in [1.165, 1.54) is 32.7 Å². The van der Waals surface area contributed by atoms with Gasteiger partial charge in [0.15, 0.2) is 5.96 Å². The number of hydrogen-bond donors (Lipinski definition) is 3. The van der Waals surface area contributed by atoms with Gasteiger partial charge >= 0.3 is 0 Å². The lowest BCUT2D eigenvalue weighted by atomic mass is 9.87. The highest BCUT2D eigenvalue weighted by Gasteiger charge is 2.18. The lowest BCUT2D eigenvalue weighted by molar-refractivity contribution is 0.329. The molecule has 3 N–H and O–H groups in total. The van der Waals surface area contributed by atoms with E-state index in [1.807, 2.05) is 24.3 Å². The molecule has 2 rings (SSSR count). The van der Waals surface area contributed by atoms with Crippen molar-refractivity contribution in [3.63, 3.8) is 0 Å². The number of sulfonamides is 1. The summed E-state index contributed by atoms with van der Waals surface area (Å²) in [5.74, 6) is 1.61. The topological polar surface area (TPSA) is 82.6 Å². The summed E-state index contributed by atoms with van der Waals surface area (Å²) in [5.41, 5.74) is 1.81. The van der Waals surface area contributed by atoms with Gasteiger partial charge in [-0.15, -0.1) is 24.0 Å². The Kier molecular flexibility index (Phi) is 9.88. The van der Waals surface area contributed by atoms with Crippen molar-refractivity contribution in [2.24, 2.45) is 10.9 Å². The Hall–Kier alpha value is -0.870. The van der Waals surface area contributed by atoms with Gasteiger partial charge in [-0.1, -0.05) is 31.2 Å². The van der Waals surface area contributed by atoms with E-state index in [0.717, 1.165) is 23.0 Å². The molecule has 1 aromatic carbocycles. The van der Waals surface area contributed by atoms with Gasteiger partial charge < -0.3 is 10.6 Å². The fourth-order valence-corrected chi connectivity index (χ4v) is 3.86. The van der Waals surface area contributed by atoms with Crippen molar-refractivity contribution in [3.8, 4) is 0 Å². The first-order chi connectivity index (χ1) is 11.9. The van der Waals surface area contributed by atoms with Crippen LogP contribution in [-0.2, 0) is 22.3 Å². The Morgan fingerprint density at radius 2 is 1.85 bits per heavy atom. The molecule has 0 aromatic heterocycles. The van der Waals surface area contributed by atoms with Crippen molar-refractivity contribution in [2.75, 3.05) is 14.1 Å². The summed E-state index contributed by atoms with van der Waals surface area (Å²) < 4.78 is 25.7. The molecule has 1 aromatic rings. The van der Waals surface area contributed by atoms with Crippen molar-refractivity contribution < 1.29 is 8.42 Å². The fraction of sp³-hybridized carbons (Fsp3) is 0.611. The molecule has 0 atom stereocenters. The second kappa shape index (κ2) is 11.1. The zero-order chi connectivity index (χ0) is 18.3. The number of nitrogens with zero attached hydrogens (tertiary/aromatic N) is 1. The van der Waals surface area contributed by atoms with E-state index in [1.54, 1.807) is 7.05 Å². The predicted molar refractivity (Wildman–Crippen MR) is 118 cm³/mol. The van der Waals surface area contributed by atoms with Crippen molar-refractivity contribution in [1.82, 2.24) is 15.4 Å². The van der Waals surface area contributed by atoms with Crippen LogP contribution in [0.1, 0.15) is 43.7 Å². The molecule has 0 amide bonds. The molecule has 1 aliphatic carbocycles. The van der Waals surface area contributed by atoms with Crippen molar-refractivity contribution in [1.29, 1.82) is 0 Å². The molecular formula is C18H31IN4O2S. The first-order valence-electron chi connectivity index (χ1n) is 8.88. The summed E-state index contributed by atoms with van der Waals surface area (Å²) in [6.07, 6.45) is 4.88. The second-order valence-corrected chi connectivity index (χ2v) is 8.74. The number of rotatable bonds is 6. The van der Waals surface area contributed by atoms with Crippen molar-refractivity contribution in [3.05, 3.63) is 35.4 Å². The normalized spacial score (nSPS) is 21.0. The molecule has 1 fully saturated rings. The molecule has 0 unspecified atom stereocenters. The molecule has 148 valence electrons. The molecule has 0 heterocycles. The maximum Gasteiger partial charge on any atom is 0.215 e. The highest BCUT2D eigenvalue weighted by Crippen LogP contribution is 2.23. The molecule has 0 radical (unpaired) electrons. The van der Waals surface area contributed by atoms with E-state index in [0.29, 0.717) is 12.6 Å². The van der Waals surface area contributed by atoms with Gasteiger partial charge in [-0.2, -0.15) is 0 Å². The SMILES string of the molecule is CN=C(NCc1cccc(CS(=O)(=O)NC)c1)NC1CCC(C)CC1.I. The highest BCUT2D eigenvalue weighted by molar-refractivity contribution is 14.0. The van der Waals surface area contributed by atoms with Gasteiger partial charge in [0, 0.05) is 19.6 Å². The highest BCUT2D eigenvalue weighted by atomic mass is 127. The van der Waals surface area contributed by atoms with Crippen LogP contribution in [0.3, 0.4) is 0 Å². The van der Waals surface area contributed by atoms with E-state index >= 15 is 0 Å². The van der Waals surface area contributed by atoms with Crippen LogP contribution in [0.4, 0.5) is 0 Å². The molecule has 1 aliphatic rings. The van der Waals surface area contributed by atoms with Crippen LogP contribution in [0, 0.1) is 5.92 Å². The number of guanidine groups is 1. The number of hydrogen-bond acceptors (Lipinski definition) is 3. The van der Waals surface area contributed by atoms with Crippen LogP contribution < -0.4 is 15.4 Å². The van der Waals surface area contributed by atoms with E-state index < -0.39 is 10.0 Å². The summed E-state index contributed by atoms with van der Waals surface area (Å²) in [4.78, 5) is 4.30. The predicted octanol–water partition coefficient (Wildman–Crippen LogP) is 2.60. The minimum absolute atomic E-state index is 0. The third kappa shape index (κ3) is 7.79. The molecule has 26 heavy (non-hydrogen) atoms. The Balaban J connectivity index is 0.00000338. The van der Waals surface area contributed by atoms with Crippen molar-refractivity contribution in [2.45, 2.75) is 50.9 Å². The van der Waals surface area contributed by atoms with E-state index in [-0.39, 0.29) is 29.7 Å². The van der Waals surface area contributed by atoms with Crippen LogP contribution in [0.2, 0.25) is 0 Å². The zero-order valence-electron chi connectivity index (χ0n) is 15.8. The average molecular weight is 494 g/mol. The largest absolute Gasteiger partial charge is 0.354 e. The first kappa shape index (κ1) is 23.2. The smallest absolute Gasteiger partial charge is 0.215 e. The van der Waals surface area contributed by atoms with E-state index in [9.17, 15) is 8.42 Å². The van der Waals surface area contributed by atoms with Gasteiger partial charge in [0.25, 0.3) is 0 Å². The average Bonchev–Trinajstić information content (AvgIpc) is 2.60. The lowest BCUT2D eigenvalue weighted by Gasteiger charge is -2.28. The summed E-state index contributed by atoms with van der Waals surface area (Å²) in [6.45, 7) is 2.92. The number of nitrogens with one attached hydrogen (secondary N) is 3. The Morgan fingerprint density at radius 1 is 1.19 bits per heavy atom. The molecule has 1 saturated carbocycles. The van der Waals surface area contributed by atoms with Crippen LogP contribution in [0.5, 0.6) is 0 Å². The Labute approximate surface area is 174 Å². The summed E-state index contributed by atoms with van der Waals surface area (Å²) in [6, 6.07) is 8.09. The van der Waals surface area contributed by atoms with Crippen molar-refractivity contribution >= 4 is 40.0 Å². The van der Waals surface area contributed by atoms with Crippen LogP contribution >= 0.6 is 24.0 Å². The van der Waals surface area contributed by atoms with Gasteiger partial charge in [-0.25, -0.2) is 13.1 Å². The monoisotopic (exact) mass is 494 g/mol. The summed E-state index contributed by atoms with van der Waals surface area (Å²) >= 11 is 0. The first-order valence-corrected chi connectivity index (χ1v) is 10.5. The van der Waals surface area contributed by atoms with Gasteiger partial charge in [-0.05, 0) is 49.8 Å². The zero-order valence-corrected chi connectivity index (χ0v) is 18.9. The molecule has 0 saturated heterocycles. The summed E-state index contributed by atoms with van der Waals surface area (Å²) in [5, 5.41) is 6.81. The van der Waals surface area contributed by atoms with E-state index in [4.69, 9.17) is 0 Å². The standard InChI is InChI=1S/C18H30N4O2S.HI/c1-14-7-9-17(10-8-14)22-18(19-2)21-12-15-5-4-6-16(11-15)13-25(23,24)20-3;/h4-6,11,14,17,20H,7-10,12-13H2,1-3H3,(H2,19,21,22);1H. The lowest BCUT2D eigenvalue weighted by Crippen LogP contribution is -2.44. The quantitative estimate of drug-likeness (QED) is 0.323. The van der Waals surface area contributed by atoms with Crippen LogP contribution in [0.25, 0.3) is 0 Å². The summed E-state index contributed by atoms with van der Waals surface area (Å²) in [7, 11) is -0.0480. The Bertz CT molecular complexity index is 686. The third-order valence-corrected chi connectivity index (χ3v) is 6.03. The van der Waals surface area contributed by atoms with Gasteiger partial charge in [-0.3, -0.25) is 4.99 Å². The van der Waals surface area contributed by atoms with Gasteiger partial charge in [0.1, 0.15) is 0 Å². The minimum atomic E-state index is -3.26. The van der Waals surface area contributed by atoms with Crippen LogP contribution in [0.15, 0.2) is 29.3 Å². The number of aliphatic imine (C=N–C) groups is 1. The second-order valence-electron chi connectivity index (χ2n) is 6.81. The Morgan fingerprint density at radius 3 is 2.46 bits per heavy atom. The maximum absolute atomic E-state index is 11.7. The number of benzene rings is 1. The molecule has 0 bridgehead atoms. The van der Waals surface area contributed by atoms with Gasteiger partial charge in [0.05, 0.1) is 5.75 Å². The fourth-order valence-electron chi connectivity index (χ4n) is 3.10. The van der Waals surface area contributed by atoms with Gasteiger partial charge in [0.2, 0.25) is 10.0 Å². The molecule has 0 aliphatic heterocycles. The molecule has 8 heteroatoms. The number of halogens is 1. The molecular weight excluding hydrogens is 463 g/mol. The molecule has 6 nitrogen and oxygen atoms in total. The third-order valence-electron chi connectivity index (χ3n) is 4.70. The maximum atomic E-state index is 11.7.